The van der Waals surface area contributed by atoms with Crippen molar-refractivity contribution < 1.29 is 4.79 Å². The Labute approximate surface area is 178 Å². The second kappa shape index (κ2) is 8.12. The summed E-state index contributed by atoms with van der Waals surface area (Å²) < 4.78 is 2.08. The van der Waals surface area contributed by atoms with Crippen molar-refractivity contribution in [3.8, 4) is 0 Å². The molecular weight excluding hydrogens is 404 g/mol. The van der Waals surface area contributed by atoms with Crippen LogP contribution in [0.1, 0.15) is 36.8 Å². The minimum atomic E-state index is -0.226. The molecule has 0 radical (unpaired) electrons. The number of amides is 1. The Bertz CT molecular complexity index is 1100. The van der Waals surface area contributed by atoms with Gasteiger partial charge in [0.15, 0.2) is 0 Å². The van der Waals surface area contributed by atoms with Gasteiger partial charge in [-0.25, -0.2) is 4.98 Å². The van der Waals surface area contributed by atoms with Gasteiger partial charge in [-0.3, -0.25) is 18.9 Å². The number of carbonyl (C=O) groups is 1. The van der Waals surface area contributed by atoms with E-state index in [-0.39, 0.29) is 17.5 Å². The fourth-order valence-electron chi connectivity index (χ4n) is 3.83. The monoisotopic (exact) mass is 426 g/mol. The van der Waals surface area contributed by atoms with Gasteiger partial charge in [-0.05, 0) is 37.5 Å². The lowest BCUT2D eigenvalue weighted by Crippen LogP contribution is -2.36. The summed E-state index contributed by atoms with van der Waals surface area (Å²) in [6, 6.07) is 3.89. The summed E-state index contributed by atoms with van der Waals surface area (Å²) in [7, 11) is 0. The van der Waals surface area contributed by atoms with Gasteiger partial charge in [-0.1, -0.05) is 49.0 Å². The maximum atomic E-state index is 13.2. The highest BCUT2D eigenvalue weighted by Crippen LogP contribution is 2.38. The third kappa shape index (κ3) is 3.62. The Hall–Kier alpha value is -2.45. The number of thioether (sulfide) groups is 1. The number of pyridine rings is 1. The number of nitrogens with one attached hydrogen (secondary N) is 1. The van der Waals surface area contributed by atoms with Crippen LogP contribution in [-0.4, -0.2) is 37.1 Å². The maximum Gasteiger partial charge on any atom is 0.267 e. The van der Waals surface area contributed by atoms with E-state index in [0.29, 0.717) is 32.8 Å². The van der Waals surface area contributed by atoms with Crippen molar-refractivity contribution in [2.45, 2.75) is 38.6 Å². The van der Waals surface area contributed by atoms with E-state index in [1.807, 2.05) is 19.1 Å². The maximum absolute atomic E-state index is 13.2. The number of rotatable bonds is 5. The number of aromatic nitrogens is 2. The highest BCUT2D eigenvalue weighted by atomic mass is 32.2. The van der Waals surface area contributed by atoms with Crippen LogP contribution in [0.15, 0.2) is 40.7 Å². The molecule has 2 aromatic heterocycles. The van der Waals surface area contributed by atoms with Gasteiger partial charge in [0, 0.05) is 18.8 Å². The molecule has 0 aromatic carbocycles. The summed E-state index contributed by atoms with van der Waals surface area (Å²) in [5.74, 6) is 0.325. The molecule has 1 aliphatic carbocycles. The molecule has 2 fully saturated rings. The number of nitrogens with zero attached hydrogens (tertiary/aromatic N) is 3. The van der Waals surface area contributed by atoms with Crippen LogP contribution in [0.2, 0.25) is 0 Å². The quantitative estimate of drug-likeness (QED) is 0.446. The smallest absolute Gasteiger partial charge is 0.267 e. The zero-order valence-electron chi connectivity index (χ0n) is 16.2. The predicted molar refractivity (Wildman–Crippen MR) is 122 cm³/mol. The van der Waals surface area contributed by atoms with Crippen LogP contribution in [-0.2, 0) is 4.79 Å². The van der Waals surface area contributed by atoms with Gasteiger partial charge in [0.1, 0.15) is 15.8 Å². The number of carbonyl (C=O) groups excluding carboxylic acids is 1. The van der Waals surface area contributed by atoms with Gasteiger partial charge in [0.2, 0.25) is 0 Å². The fourth-order valence-corrected chi connectivity index (χ4v) is 5.22. The summed E-state index contributed by atoms with van der Waals surface area (Å²) in [6.07, 6.45) is 9.21. The van der Waals surface area contributed by atoms with Crippen molar-refractivity contribution in [1.29, 1.82) is 0 Å². The lowest BCUT2D eigenvalue weighted by atomic mass is 10.2. The second-order valence-corrected chi connectivity index (χ2v) is 8.90. The topological polar surface area (TPSA) is 66.7 Å². The van der Waals surface area contributed by atoms with Crippen molar-refractivity contribution in [3.63, 3.8) is 0 Å². The Morgan fingerprint density at radius 1 is 1.38 bits per heavy atom. The first kappa shape index (κ1) is 19.8. The van der Waals surface area contributed by atoms with Gasteiger partial charge >= 0.3 is 0 Å². The van der Waals surface area contributed by atoms with Crippen LogP contribution in [0.4, 0.5) is 5.82 Å². The van der Waals surface area contributed by atoms with E-state index >= 15 is 0 Å². The first-order valence-corrected chi connectivity index (χ1v) is 10.9. The first-order valence-electron chi connectivity index (χ1n) is 9.65. The van der Waals surface area contributed by atoms with E-state index in [1.54, 1.807) is 23.2 Å². The lowest BCUT2D eigenvalue weighted by Gasteiger charge is -2.21. The van der Waals surface area contributed by atoms with Crippen molar-refractivity contribution in [3.05, 3.63) is 57.4 Å². The van der Waals surface area contributed by atoms with Crippen molar-refractivity contribution >= 4 is 51.7 Å². The summed E-state index contributed by atoms with van der Waals surface area (Å²) in [6.45, 7) is 6.08. The standard InChI is InChI=1S/C21H22N4O2S2/c1-3-10-22-17-15(19(26)24-11-6-7-13(2)18(24)23-17)12-16-20(27)25(21(28)29-16)14-8-4-5-9-14/h3,6-7,11-12,14,22H,1,4-5,8-10H2,2H3. The molecule has 150 valence electrons. The molecule has 8 heteroatoms. The second-order valence-electron chi connectivity index (χ2n) is 7.22. The fraction of sp³-hybridized carbons (Fsp3) is 0.333. The largest absolute Gasteiger partial charge is 0.366 e. The molecular formula is C21H22N4O2S2. The van der Waals surface area contributed by atoms with Crippen molar-refractivity contribution in [1.82, 2.24) is 14.3 Å². The molecule has 1 N–H and O–H groups in total. The minimum absolute atomic E-state index is 0.115. The van der Waals surface area contributed by atoms with E-state index < -0.39 is 0 Å². The number of aryl methyl sites for hydroxylation is 1. The van der Waals surface area contributed by atoms with Crippen LogP contribution in [0.3, 0.4) is 0 Å². The third-order valence-electron chi connectivity index (χ3n) is 5.29. The van der Waals surface area contributed by atoms with Gasteiger partial charge in [-0.2, -0.15) is 0 Å². The Morgan fingerprint density at radius 3 is 2.86 bits per heavy atom. The average Bonchev–Trinajstić information content (AvgIpc) is 3.31. The first-order chi connectivity index (χ1) is 14.0. The summed E-state index contributed by atoms with van der Waals surface area (Å²) in [4.78, 5) is 33.1. The summed E-state index contributed by atoms with van der Waals surface area (Å²) >= 11 is 6.73. The van der Waals surface area contributed by atoms with Crippen LogP contribution >= 0.6 is 24.0 Å². The molecule has 1 saturated heterocycles. The van der Waals surface area contributed by atoms with Gasteiger partial charge in [0.25, 0.3) is 11.5 Å². The minimum Gasteiger partial charge on any atom is -0.366 e. The lowest BCUT2D eigenvalue weighted by molar-refractivity contribution is -0.123. The highest BCUT2D eigenvalue weighted by molar-refractivity contribution is 8.26. The molecule has 1 aliphatic heterocycles. The molecule has 29 heavy (non-hydrogen) atoms. The molecule has 0 bridgehead atoms. The van der Waals surface area contributed by atoms with E-state index in [2.05, 4.69) is 16.9 Å². The zero-order chi connectivity index (χ0) is 20.5. The molecule has 0 unspecified atom stereocenters. The van der Waals surface area contributed by atoms with Crippen LogP contribution in [0, 0.1) is 6.92 Å². The summed E-state index contributed by atoms with van der Waals surface area (Å²) in [5.41, 5.74) is 1.60. The van der Waals surface area contributed by atoms with Crippen molar-refractivity contribution in [2.75, 3.05) is 11.9 Å². The number of hydrogen-bond donors (Lipinski definition) is 1. The molecule has 6 nitrogen and oxygen atoms in total. The normalized spacial score (nSPS) is 18.9. The number of anilines is 1. The van der Waals surface area contributed by atoms with Gasteiger partial charge in [-0.15, -0.1) is 6.58 Å². The highest BCUT2D eigenvalue weighted by Gasteiger charge is 2.38. The van der Waals surface area contributed by atoms with Gasteiger partial charge in [0.05, 0.1) is 10.5 Å². The Morgan fingerprint density at radius 2 is 2.14 bits per heavy atom. The summed E-state index contributed by atoms with van der Waals surface area (Å²) in [5, 5.41) is 3.14. The van der Waals surface area contributed by atoms with Crippen LogP contribution in [0.5, 0.6) is 0 Å². The van der Waals surface area contributed by atoms with E-state index in [0.717, 1.165) is 31.2 Å². The third-order valence-corrected chi connectivity index (χ3v) is 6.62. The molecule has 4 rings (SSSR count). The van der Waals surface area contributed by atoms with E-state index in [4.69, 9.17) is 12.2 Å². The molecule has 0 atom stereocenters. The van der Waals surface area contributed by atoms with Crippen molar-refractivity contribution in [2.24, 2.45) is 0 Å². The Kier molecular flexibility index (Phi) is 5.56. The molecule has 3 heterocycles. The molecule has 2 aliphatic rings. The number of hydrogen-bond acceptors (Lipinski definition) is 6. The zero-order valence-corrected chi connectivity index (χ0v) is 17.8. The molecule has 2 aromatic rings. The SMILES string of the molecule is C=CCNc1nc2c(C)cccn2c(=O)c1C=C1SC(=S)N(C2CCCC2)C1=O. The predicted octanol–water partition coefficient (Wildman–Crippen LogP) is 3.74. The van der Waals surface area contributed by atoms with Crippen LogP contribution < -0.4 is 10.9 Å². The average molecular weight is 427 g/mol. The molecule has 1 amide bonds. The number of fused-ring (bicyclic) bond motifs is 1. The van der Waals surface area contributed by atoms with E-state index in [1.165, 1.54) is 16.2 Å². The van der Waals surface area contributed by atoms with E-state index in [9.17, 15) is 9.59 Å². The molecule has 0 spiro atoms. The van der Waals surface area contributed by atoms with Gasteiger partial charge < -0.3 is 5.32 Å². The number of thiocarbonyl (C=S) groups is 1. The molecule has 1 saturated carbocycles. The van der Waals surface area contributed by atoms with Crippen LogP contribution in [0.25, 0.3) is 11.7 Å². The Balaban J connectivity index is 1.81.